The lowest BCUT2D eigenvalue weighted by Crippen LogP contribution is -2.51. The minimum absolute atomic E-state index is 0.904. The second-order valence-electron chi connectivity index (χ2n) is 6.23. The molecule has 0 saturated carbocycles. The first-order chi connectivity index (χ1) is 12.3. The molecule has 0 N–H and O–H groups in total. The highest BCUT2D eigenvalue weighted by atomic mass is 28.3. The lowest BCUT2D eigenvalue weighted by molar-refractivity contribution is 0.862. The molecule has 0 amide bonds. The summed E-state index contributed by atoms with van der Waals surface area (Å²) in [6, 6.07) is 21.4. The quantitative estimate of drug-likeness (QED) is 0.576. The zero-order chi connectivity index (χ0) is 17.5. The van der Waals surface area contributed by atoms with Crippen LogP contribution in [0.15, 0.2) is 97.7 Å². The van der Waals surface area contributed by atoms with E-state index in [2.05, 4.69) is 95.5 Å². The third-order valence-corrected chi connectivity index (χ3v) is 8.98. The van der Waals surface area contributed by atoms with Crippen molar-refractivity contribution in [2.45, 2.75) is 19.5 Å². The van der Waals surface area contributed by atoms with E-state index in [4.69, 9.17) is 0 Å². The van der Waals surface area contributed by atoms with E-state index in [1.165, 1.54) is 15.9 Å². The van der Waals surface area contributed by atoms with Crippen molar-refractivity contribution in [3.63, 3.8) is 0 Å². The van der Waals surface area contributed by atoms with Crippen molar-refractivity contribution >= 4 is 18.5 Å². The van der Waals surface area contributed by atoms with Gasteiger partial charge < -0.3 is 4.57 Å². The molecule has 0 fully saturated rings. The van der Waals surface area contributed by atoms with Crippen molar-refractivity contribution in [2.24, 2.45) is 0 Å². The van der Waals surface area contributed by atoms with Gasteiger partial charge in [0.2, 0.25) is 0 Å². The van der Waals surface area contributed by atoms with Crippen LogP contribution in [0, 0.1) is 0 Å². The molecule has 2 nitrogen and oxygen atoms in total. The molecule has 0 saturated heterocycles. The fourth-order valence-corrected chi connectivity index (χ4v) is 7.32. The average Bonchev–Trinajstić information content (AvgIpc) is 3.19. The maximum atomic E-state index is 4.58. The SMILES string of the molecule is C=C(c1ccccc1)[Si](C=CCC)(Cn1ccnc1)c1ccccc1. The number of hydrogen-bond donors (Lipinski definition) is 0. The van der Waals surface area contributed by atoms with Crippen molar-refractivity contribution in [3.05, 3.63) is 103 Å². The Hall–Kier alpha value is -2.65. The van der Waals surface area contributed by atoms with Crippen molar-refractivity contribution in [3.8, 4) is 0 Å². The molecule has 3 heteroatoms. The van der Waals surface area contributed by atoms with Crippen LogP contribution in [0.25, 0.3) is 5.20 Å². The average molecular weight is 345 g/mol. The van der Waals surface area contributed by atoms with Crippen molar-refractivity contribution in [1.82, 2.24) is 9.55 Å². The monoisotopic (exact) mass is 344 g/mol. The molecule has 1 aromatic heterocycles. The molecule has 1 atom stereocenters. The highest BCUT2D eigenvalue weighted by Crippen LogP contribution is 2.27. The van der Waals surface area contributed by atoms with E-state index in [-0.39, 0.29) is 0 Å². The van der Waals surface area contributed by atoms with Crippen LogP contribution in [0.2, 0.25) is 0 Å². The van der Waals surface area contributed by atoms with Gasteiger partial charge in [0.1, 0.15) is 0 Å². The number of benzene rings is 2. The summed E-state index contributed by atoms with van der Waals surface area (Å²) in [6.07, 6.45) is 10.0. The molecule has 0 bridgehead atoms. The first kappa shape index (κ1) is 17.2. The Bertz CT molecular complexity index is 823. The smallest absolute Gasteiger partial charge is 0.160 e. The minimum Gasteiger partial charge on any atom is -0.339 e. The predicted octanol–water partition coefficient (Wildman–Crippen LogP) is 4.54. The van der Waals surface area contributed by atoms with Gasteiger partial charge in [-0.25, -0.2) is 4.98 Å². The highest BCUT2D eigenvalue weighted by molar-refractivity contribution is 7.08. The maximum absolute atomic E-state index is 4.58. The van der Waals surface area contributed by atoms with Gasteiger partial charge in [0.05, 0.1) is 6.33 Å². The fraction of sp³-hybridized carbons (Fsp3) is 0.136. The Morgan fingerprint density at radius 2 is 1.76 bits per heavy atom. The standard InChI is InChI=1S/C22H24N2Si/c1-3-4-17-25(19-24-16-15-23-18-24,22-13-9-6-10-14-22)20(2)21-11-7-5-8-12-21/h4-18H,2-3,19H2,1H3. The lowest BCUT2D eigenvalue weighted by atomic mass is 10.2. The Kier molecular flexibility index (Phi) is 5.46. The van der Waals surface area contributed by atoms with Gasteiger partial charge in [-0.1, -0.05) is 85.9 Å². The molecule has 0 aliphatic rings. The Morgan fingerprint density at radius 1 is 1.08 bits per heavy atom. The van der Waals surface area contributed by atoms with Crippen LogP contribution in [-0.2, 0) is 6.17 Å². The minimum atomic E-state index is -2.19. The van der Waals surface area contributed by atoms with Crippen LogP contribution in [-0.4, -0.2) is 17.6 Å². The van der Waals surface area contributed by atoms with Gasteiger partial charge in [-0.2, -0.15) is 0 Å². The topological polar surface area (TPSA) is 17.8 Å². The molecule has 1 heterocycles. The van der Waals surface area contributed by atoms with E-state index in [0.717, 1.165) is 12.6 Å². The molecular formula is C22H24N2Si. The molecule has 126 valence electrons. The summed E-state index contributed by atoms with van der Waals surface area (Å²) >= 11 is 0. The summed E-state index contributed by atoms with van der Waals surface area (Å²) in [5, 5.41) is 2.61. The van der Waals surface area contributed by atoms with Crippen LogP contribution < -0.4 is 5.19 Å². The number of imidazole rings is 1. The van der Waals surface area contributed by atoms with Gasteiger partial charge in [0, 0.05) is 18.6 Å². The first-order valence-corrected chi connectivity index (χ1v) is 11.0. The molecule has 0 aliphatic carbocycles. The van der Waals surface area contributed by atoms with E-state index in [9.17, 15) is 0 Å². The summed E-state index contributed by atoms with van der Waals surface area (Å²) in [5.41, 5.74) is 3.66. The van der Waals surface area contributed by atoms with Crippen molar-refractivity contribution in [2.75, 3.05) is 0 Å². The van der Waals surface area contributed by atoms with Gasteiger partial charge in [-0.3, -0.25) is 0 Å². The van der Waals surface area contributed by atoms with Crippen molar-refractivity contribution in [1.29, 1.82) is 0 Å². The Labute approximate surface area is 151 Å². The van der Waals surface area contributed by atoms with Crippen LogP contribution in [0.3, 0.4) is 0 Å². The van der Waals surface area contributed by atoms with E-state index >= 15 is 0 Å². The molecular weight excluding hydrogens is 320 g/mol. The second kappa shape index (κ2) is 7.95. The molecule has 3 rings (SSSR count). The molecule has 25 heavy (non-hydrogen) atoms. The second-order valence-corrected chi connectivity index (χ2v) is 10.0. The zero-order valence-corrected chi connectivity index (χ0v) is 15.7. The van der Waals surface area contributed by atoms with Gasteiger partial charge in [0.15, 0.2) is 8.07 Å². The molecule has 1 unspecified atom stereocenters. The lowest BCUT2D eigenvalue weighted by Gasteiger charge is -2.32. The third kappa shape index (κ3) is 3.72. The zero-order valence-electron chi connectivity index (χ0n) is 14.7. The Morgan fingerprint density at radius 3 is 2.36 bits per heavy atom. The summed E-state index contributed by atoms with van der Waals surface area (Å²) in [4.78, 5) is 4.24. The van der Waals surface area contributed by atoms with Crippen LogP contribution in [0.5, 0.6) is 0 Å². The van der Waals surface area contributed by atoms with E-state index in [0.29, 0.717) is 0 Å². The van der Waals surface area contributed by atoms with E-state index < -0.39 is 8.07 Å². The number of aromatic nitrogens is 2. The normalized spacial score (nSPS) is 13.6. The summed E-state index contributed by atoms with van der Waals surface area (Å²) in [7, 11) is -2.19. The summed E-state index contributed by atoms with van der Waals surface area (Å²) in [6.45, 7) is 6.77. The van der Waals surface area contributed by atoms with Gasteiger partial charge in [-0.05, 0) is 22.4 Å². The number of hydrogen-bond acceptors (Lipinski definition) is 1. The predicted molar refractivity (Wildman–Crippen MR) is 109 cm³/mol. The van der Waals surface area contributed by atoms with Crippen LogP contribution in [0.1, 0.15) is 18.9 Å². The summed E-state index contributed by atoms with van der Waals surface area (Å²) in [5.74, 6) is 0. The third-order valence-electron chi connectivity index (χ3n) is 4.58. The van der Waals surface area contributed by atoms with E-state index in [1.807, 2.05) is 18.7 Å². The van der Waals surface area contributed by atoms with Crippen molar-refractivity contribution < 1.29 is 0 Å². The molecule has 0 spiro atoms. The number of rotatable bonds is 7. The van der Waals surface area contributed by atoms with Gasteiger partial charge >= 0.3 is 0 Å². The van der Waals surface area contributed by atoms with Gasteiger partial charge in [-0.15, -0.1) is 0 Å². The number of nitrogens with zero attached hydrogens (tertiary/aromatic N) is 2. The fourth-order valence-electron chi connectivity index (χ4n) is 3.23. The molecule has 2 aromatic carbocycles. The Balaban J connectivity index is 2.16. The van der Waals surface area contributed by atoms with Gasteiger partial charge in [0.25, 0.3) is 0 Å². The molecule has 0 radical (unpaired) electrons. The number of allylic oxidation sites excluding steroid dienone is 1. The largest absolute Gasteiger partial charge is 0.339 e. The highest BCUT2D eigenvalue weighted by Gasteiger charge is 2.36. The molecule has 3 aromatic rings. The summed E-state index contributed by atoms with van der Waals surface area (Å²) < 4.78 is 2.19. The molecule has 0 aliphatic heterocycles. The van der Waals surface area contributed by atoms with E-state index in [1.54, 1.807) is 0 Å². The van der Waals surface area contributed by atoms with Crippen LogP contribution in [0.4, 0.5) is 0 Å². The first-order valence-electron chi connectivity index (χ1n) is 8.70. The maximum Gasteiger partial charge on any atom is 0.160 e. The van der Waals surface area contributed by atoms with Crippen LogP contribution >= 0.6 is 0 Å².